The molecule has 25 heavy (non-hydrogen) atoms. The standard InChI is InChI=1S/C18H14ClFN4O/c1-25-12-7-5-11(6-8-12)15-9-16(24-18(23-15)21-10-22-24)17-13(19)3-2-4-14(17)20/h2-10,16H,1H3,(H,21,22,23)/t16-/m0/s1. The number of fused-ring (bicyclic) bond motifs is 1. The predicted molar refractivity (Wildman–Crippen MR) is 94.2 cm³/mol. The average Bonchev–Trinajstić information content (AvgIpc) is 3.10. The zero-order chi connectivity index (χ0) is 17.4. The van der Waals surface area contributed by atoms with Crippen molar-refractivity contribution in [2.45, 2.75) is 6.04 Å². The molecule has 1 aliphatic rings. The zero-order valence-corrected chi connectivity index (χ0v) is 14.0. The van der Waals surface area contributed by atoms with E-state index in [1.54, 1.807) is 23.9 Å². The normalized spacial score (nSPS) is 16.0. The summed E-state index contributed by atoms with van der Waals surface area (Å²) in [6.07, 6.45) is 3.31. The summed E-state index contributed by atoms with van der Waals surface area (Å²) in [6.45, 7) is 0. The minimum atomic E-state index is -0.496. The first-order chi connectivity index (χ1) is 12.2. The van der Waals surface area contributed by atoms with Gasteiger partial charge in [-0.25, -0.2) is 9.07 Å². The first-order valence-corrected chi connectivity index (χ1v) is 8.02. The number of hydrogen-bond acceptors (Lipinski definition) is 4. The topological polar surface area (TPSA) is 52.0 Å². The summed E-state index contributed by atoms with van der Waals surface area (Å²) in [6, 6.07) is 11.7. The lowest BCUT2D eigenvalue weighted by Crippen LogP contribution is -2.21. The molecular formula is C18H14ClFN4O. The van der Waals surface area contributed by atoms with E-state index >= 15 is 0 Å². The Balaban J connectivity index is 1.83. The maximum atomic E-state index is 14.5. The van der Waals surface area contributed by atoms with Crippen LogP contribution in [0.2, 0.25) is 5.02 Å². The highest BCUT2D eigenvalue weighted by molar-refractivity contribution is 6.31. The molecule has 0 spiro atoms. The van der Waals surface area contributed by atoms with Crippen molar-refractivity contribution >= 4 is 23.2 Å². The van der Waals surface area contributed by atoms with E-state index in [0.717, 1.165) is 17.0 Å². The van der Waals surface area contributed by atoms with Crippen LogP contribution in [0.25, 0.3) is 5.70 Å². The molecule has 2 heterocycles. The monoisotopic (exact) mass is 356 g/mol. The minimum absolute atomic E-state index is 0.346. The molecule has 3 aromatic rings. The number of halogens is 2. The summed E-state index contributed by atoms with van der Waals surface area (Å²) in [5.74, 6) is 0.904. The molecular weight excluding hydrogens is 343 g/mol. The van der Waals surface area contributed by atoms with E-state index < -0.39 is 6.04 Å². The Kier molecular flexibility index (Phi) is 3.89. The van der Waals surface area contributed by atoms with E-state index in [-0.39, 0.29) is 5.82 Å². The van der Waals surface area contributed by atoms with Crippen LogP contribution in [0.15, 0.2) is 54.9 Å². The van der Waals surface area contributed by atoms with E-state index in [1.807, 2.05) is 30.3 Å². The van der Waals surface area contributed by atoms with Crippen molar-refractivity contribution in [1.82, 2.24) is 14.8 Å². The van der Waals surface area contributed by atoms with Crippen molar-refractivity contribution in [3.63, 3.8) is 0 Å². The lowest BCUT2D eigenvalue weighted by atomic mass is 10.0. The molecule has 0 fully saturated rings. The Morgan fingerprint density at radius 2 is 2.00 bits per heavy atom. The third-order valence-corrected chi connectivity index (χ3v) is 4.43. The predicted octanol–water partition coefficient (Wildman–Crippen LogP) is 4.14. The molecule has 0 bridgehead atoms. The summed E-state index contributed by atoms with van der Waals surface area (Å²) < 4.78 is 21.2. The van der Waals surface area contributed by atoms with E-state index in [1.165, 1.54) is 12.4 Å². The van der Waals surface area contributed by atoms with Gasteiger partial charge in [-0.1, -0.05) is 17.7 Å². The van der Waals surface area contributed by atoms with Gasteiger partial charge in [0.1, 0.15) is 23.9 Å². The molecule has 7 heteroatoms. The molecule has 1 aliphatic heterocycles. The number of hydrogen-bond donors (Lipinski definition) is 1. The molecule has 4 rings (SSSR count). The van der Waals surface area contributed by atoms with E-state index in [2.05, 4.69) is 15.4 Å². The van der Waals surface area contributed by atoms with Crippen LogP contribution < -0.4 is 10.1 Å². The van der Waals surface area contributed by atoms with Crippen LogP contribution >= 0.6 is 11.6 Å². The second-order valence-corrected chi connectivity index (χ2v) is 5.95. The molecule has 1 atom stereocenters. The fraction of sp³-hybridized carbons (Fsp3) is 0.111. The number of rotatable bonds is 3. The van der Waals surface area contributed by atoms with Gasteiger partial charge in [-0.05, 0) is 48.0 Å². The SMILES string of the molecule is COc1ccc(C2=C[C@@H](c3c(F)cccc3Cl)n3ncnc3N2)cc1. The van der Waals surface area contributed by atoms with Gasteiger partial charge < -0.3 is 10.1 Å². The smallest absolute Gasteiger partial charge is 0.226 e. The fourth-order valence-electron chi connectivity index (χ4n) is 2.87. The lowest BCUT2D eigenvalue weighted by molar-refractivity contribution is 0.415. The summed E-state index contributed by atoms with van der Waals surface area (Å²) in [5.41, 5.74) is 2.09. The summed E-state index contributed by atoms with van der Waals surface area (Å²) >= 11 is 6.26. The van der Waals surface area contributed by atoms with E-state index in [9.17, 15) is 4.39 Å². The molecule has 126 valence electrons. The van der Waals surface area contributed by atoms with E-state index in [4.69, 9.17) is 16.3 Å². The van der Waals surface area contributed by atoms with Gasteiger partial charge in [0.2, 0.25) is 5.95 Å². The van der Waals surface area contributed by atoms with Crippen LogP contribution in [-0.2, 0) is 0 Å². The molecule has 2 aromatic carbocycles. The van der Waals surface area contributed by atoms with Crippen molar-refractivity contribution < 1.29 is 9.13 Å². The summed E-state index contributed by atoms with van der Waals surface area (Å²) in [4.78, 5) is 4.21. The molecule has 0 unspecified atom stereocenters. The maximum absolute atomic E-state index is 14.5. The number of allylic oxidation sites excluding steroid dienone is 1. The number of nitrogens with zero attached hydrogens (tertiary/aromatic N) is 3. The quantitative estimate of drug-likeness (QED) is 0.766. The van der Waals surface area contributed by atoms with Gasteiger partial charge in [-0.15, -0.1) is 0 Å². The molecule has 1 aromatic heterocycles. The van der Waals surface area contributed by atoms with Crippen LogP contribution in [0.1, 0.15) is 17.2 Å². The zero-order valence-electron chi connectivity index (χ0n) is 13.3. The first-order valence-electron chi connectivity index (χ1n) is 7.64. The van der Waals surface area contributed by atoms with Crippen molar-refractivity contribution in [3.05, 3.63) is 76.8 Å². The van der Waals surface area contributed by atoms with Gasteiger partial charge in [0.05, 0.1) is 7.11 Å². The molecule has 0 aliphatic carbocycles. The maximum Gasteiger partial charge on any atom is 0.226 e. The molecule has 1 N–H and O–H groups in total. The van der Waals surface area contributed by atoms with Crippen LogP contribution in [0.3, 0.4) is 0 Å². The Bertz CT molecular complexity index is 932. The van der Waals surface area contributed by atoms with Gasteiger partial charge >= 0.3 is 0 Å². The molecule has 0 saturated carbocycles. The van der Waals surface area contributed by atoms with Gasteiger partial charge in [-0.3, -0.25) is 0 Å². The van der Waals surface area contributed by atoms with Gasteiger partial charge in [-0.2, -0.15) is 10.1 Å². The third-order valence-electron chi connectivity index (χ3n) is 4.10. The number of ether oxygens (including phenoxy) is 1. The summed E-state index contributed by atoms with van der Waals surface area (Å²) in [5, 5.41) is 7.76. The Labute approximate surface area is 148 Å². The van der Waals surface area contributed by atoms with Gasteiger partial charge in [0.15, 0.2) is 0 Å². The van der Waals surface area contributed by atoms with Crippen molar-refractivity contribution in [2.75, 3.05) is 12.4 Å². The fourth-order valence-corrected chi connectivity index (χ4v) is 3.15. The Hall–Kier alpha value is -2.86. The lowest BCUT2D eigenvalue weighted by Gasteiger charge is -2.25. The highest BCUT2D eigenvalue weighted by Crippen LogP contribution is 2.36. The minimum Gasteiger partial charge on any atom is -0.497 e. The van der Waals surface area contributed by atoms with Crippen LogP contribution in [-0.4, -0.2) is 21.9 Å². The van der Waals surface area contributed by atoms with Gasteiger partial charge in [0.25, 0.3) is 0 Å². The third kappa shape index (κ3) is 2.74. The number of anilines is 1. The van der Waals surface area contributed by atoms with Crippen LogP contribution in [0.5, 0.6) is 5.75 Å². The Morgan fingerprint density at radius 3 is 2.72 bits per heavy atom. The highest BCUT2D eigenvalue weighted by atomic mass is 35.5. The average molecular weight is 357 g/mol. The van der Waals surface area contributed by atoms with E-state index in [0.29, 0.717) is 16.5 Å². The molecule has 0 amide bonds. The molecule has 0 saturated heterocycles. The molecule has 5 nitrogen and oxygen atoms in total. The van der Waals surface area contributed by atoms with Crippen molar-refractivity contribution in [3.8, 4) is 5.75 Å². The first kappa shape index (κ1) is 15.7. The van der Waals surface area contributed by atoms with Crippen LogP contribution in [0, 0.1) is 5.82 Å². The van der Waals surface area contributed by atoms with Crippen molar-refractivity contribution in [2.24, 2.45) is 0 Å². The van der Waals surface area contributed by atoms with Gasteiger partial charge in [0, 0.05) is 16.3 Å². The Morgan fingerprint density at radius 1 is 1.20 bits per heavy atom. The second kappa shape index (κ2) is 6.22. The second-order valence-electron chi connectivity index (χ2n) is 5.54. The number of methoxy groups -OCH3 is 1. The largest absolute Gasteiger partial charge is 0.497 e. The van der Waals surface area contributed by atoms with Crippen LogP contribution in [0.4, 0.5) is 10.3 Å². The molecule has 0 radical (unpaired) electrons. The summed E-state index contributed by atoms with van der Waals surface area (Å²) in [7, 11) is 1.62. The van der Waals surface area contributed by atoms with Crippen molar-refractivity contribution in [1.29, 1.82) is 0 Å². The number of nitrogens with one attached hydrogen (secondary N) is 1. The highest BCUT2D eigenvalue weighted by Gasteiger charge is 2.27. The number of aromatic nitrogens is 3. The number of benzene rings is 2.